The fourth-order valence-electron chi connectivity index (χ4n) is 3.74. The number of aryl methyl sites for hydroxylation is 1. The molecular formula is C22H22FN3O4S. The minimum absolute atomic E-state index is 0.0781. The van der Waals surface area contributed by atoms with E-state index >= 15 is 0 Å². The van der Waals surface area contributed by atoms with Crippen molar-refractivity contribution < 1.29 is 18.7 Å². The summed E-state index contributed by atoms with van der Waals surface area (Å²) in [5.74, 6) is -1.28. The van der Waals surface area contributed by atoms with Crippen molar-refractivity contribution >= 4 is 39.1 Å². The summed E-state index contributed by atoms with van der Waals surface area (Å²) in [6.07, 6.45) is 6.21. The number of anilines is 1. The van der Waals surface area contributed by atoms with E-state index in [1.54, 1.807) is 6.92 Å². The third-order valence-corrected chi connectivity index (χ3v) is 6.55. The maximum absolute atomic E-state index is 13.0. The second-order valence-electron chi connectivity index (χ2n) is 7.63. The number of esters is 1. The Kier molecular flexibility index (Phi) is 6.13. The number of aromatic nitrogens is 2. The van der Waals surface area contributed by atoms with E-state index in [-0.39, 0.29) is 12.6 Å². The maximum Gasteiger partial charge on any atom is 0.348 e. The molecule has 1 aliphatic rings. The summed E-state index contributed by atoms with van der Waals surface area (Å²) < 4.78 is 19.8. The Morgan fingerprint density at radius 1 is 1.23 bits per heavy atom. The zero-order chi connectivity index (χ0) is 22.0. The first-order valence-corrected chi connectivity index (χ1v) is 11.0. The Morgan fingerprint density at radius 3 is 2.65 bits per heavy atom. The van der Waals surface area contributed by atoms with E-state index < -0.39 is 23.3 Å². The lowest BCUT2D eigenvalue weighted by Gasteiger charge is -2.21. The van der Waals surface area contributed by atoms with Crippen LogP contribution in [0.3, 0.4) is 0 Å². The normalized spacial score (nSPS) is 14.5. The lowest BCUT2D eigenvalue weighted by atomic mass is 9.98. The maximum atomic E-state index is 13.0. The van der Waals surface area contributed by atoms with Crippen LogP contribution in [-0.4, -0.2) is 27.5 Å². The first-order chi connectivity index (χ1) is 14.9. The Hall–Kier alpha value is -3.07. The number of benzene rings is 1. The molecule has 9 heteroatoms. The van der Waals surface area contributed by atoms with Gasteiger partial charge in [0.15, 0.2) is 0 Å². The van der Waals surface area contributed by atoms with Gasteiger partial charge in [0.25, 0.3) is 5.56 Å². The van der Waals surface area contributed by atoms with E-state index in [1.165, 1.54) is 35.2 Å². The largest absolute Gasteiger partial charge is 0.458 e. The monoisotopic (exact) mass is 443 g/mol. The van der Waals surface area contributed by atoms with Gasteiger partial charge in [0.05, 0.1) is 11.7 Å². The molecule has 0 bridgehead atoms. The van der Waals surface area contributed by atoms with Crippen molar-refractivity contribution in [2.75, 3.05) is 5.32 Å². The number of nitrogens with zero attached hydrogens (tertiary/aromatic N) is 2. The average Bonchev–Trinajstić information content (AvgIpc) is 3.10. The van der Waals surface area contributed by atoms with E-state index in [1.807, 2.05) is 0 Å². The van der Waals surface area contributed by atoms with Crippen LogP contribution in [0.4, 0.5) is 10.1 Å². The highest BCUT2D eigenvalue weighted by Gasteiger charge is 2.24. The van der Waals surface area contributed by atoms with Gasteiger partial charge in [0.2, 0.25) is 5.91 Å². The fraction of sp³-hybridized carbons (Fsp3) is 0.364. The molecule has 1 aliphatic carbocycles. The highest BCUT2D eigenvalue weighted by atomic mass is 32.1. The summed E-state index contributed by atoms with van der Waals surface area (Å²) in [6.45, 7) is 1.44. The van der Waals surface area contributed by atoms with Gasteiger partial charge >= 0.3 is 5.97 Å². The van der Waals surface area contributed by atoms with Crippen LogP contribution in [0.15, 0.2) is 35.4 Å². The predicted molar refractivity (Wildman–Crippen MR) is 116 cm³/mol. The third-order valence-electron chi connectivity index (χ3n) is 5.37. The van der Waals surface area contributed by atoms with Crippen molar-refractivity contribution in [3.8, 4) is 0 Å². The Balaban J connectivity index is 1.53. The highest BCUT2D eigenvalue weighted by molar-refractivity contribution is 7.20. The summed E-state index contributed by atoms with van der Waals surface area (Å²) >= 11 is 1.13. The summed E-state index contributed by atoms with van der Waals surface area (Å²) in [7, 11) is 0. The van der Waals surface area contributed by atoms with Crippen molar-refractivity contribution in [1.29, 1.82) is 0 Å². The molecule has 1 aromatic carbocycles. The van der Waals surface area contributed by atoms with Crippen LogP contribution >= 0.6 is 11.3 Å². The fourth-order valence-corrected chi connectivity index (χ4v) is 4.77. The summed E-state index contributed by atoms with van der Waals surface area (Å²) in [5, 5.41) is 2.93. The van der Waals surface area contributed by atoms with E-state index in [2.05, 4.69) is 10.3 Å². The smallest absolute Gasteiger partial charge is 0.348 e. The number of fused-ring (bicyclic) bond motifs is 1. The molecule has 1 N–H and O–H groups in total. The van der Waals surface area contributed by atoms with Crippen LogP contribution in [0.25, 0.3) is 10.2 Å². The molecule has 7 nitrogen and oxygen atoms in total. The second kappa shape index (κ2) is 8.97. The molecule has 162 valence electrons. The van der Waals surface area contributed by atoms with Crippen LogP contribution in [0.5, 0.6) is 0 Å². The quantitative estimate of drug-likeness (QED) is 0.601. The highest BCUT2D eigenvalue weighted by Crippen LogP contribution is 2.29. The number of amides is 1. The lowest BCUT2D eigenvalue weighted by molar-refractivity contribution is -0.116. The van der Waals surface area contributed by atoms with E-state index in [0.29, 0.717) is 26.3 Å². The lowest BCUT2D eigenvalue weighted by Crippen LogP contribution is -2.28. The number of ether oxygens (including phenoxy) is 1. The summed E-state index contributed by atoms with van der Waals surface area (Å²) in [5.41, 5.74) is 0.546. The van der Waals surface area contributed by atoms with Gasteiger partial charge in [0.1, 0.15) is 28.2 Å². The van der Waals surface area contributed by atoms with Gasteiger partial charge in [-0.3, -0.25) is 14.2 Å². The molecule has 0 aliphatic heterocycles. The Bertz CT molecular complexity index is 1180. The van der Waals surface area contributed by atoms with Gasteiger partial charge in [-0.05, 0) is 62.4 Å². The van der Waals surface area contributed by atoms with E-state index in [0.717, 1.165) is 43.4 Å². The molecule has 4 rings (SSSR count). The molecule has 0 atom stereocenters. The Morgan fingerprint density at radius 2 is 1.94 bits per heavy atom. The minimum atomic E-state index is -0.445. The van der Waals surface area contributed by atoms with Crippen LogP contribution < -0.4 is 10.9 Å². The summed E-state index contributed by atoms with van der Waals surface area (Å²) in [6, 6.07) is 5.34. The van der Waals surface area contributed by atoms with Gasteiger partial charge in [-0.2, -0.15) is 0 Å². The average molecular weight is 444 g/mol. The molecule has 3 aromatic rings. The zero-order valence-corrected chi connectivity index (χ0v) is 17.8. The standard InChI is InChI=1S/C22H22FN3O4S/c1-13-18-20(31-19(13)22(29)30-16-5-3-2-4-6-16)24-12-26(21(18)28)11-17(27)25-15-9-7-14(23)8-10-15/h7-10,12,16H,2-6,11H2,1H3,(H,25,27). The second-order valence-corrected chi connectivity index (χ2v) is 8.63. The van der Waals surface area contributed by atoms with Gasteiger partial charge < -0.3 is 10.1 Å². The summed E-state index contributed by atoms with van der Waals surface area (Å²) in [4.78, 5) is 43.0. The van der Waals surface area contributed by atoms with Crippen molar-refractivity contribution in [3.63, 3.8) is 0 Å². The predicted octanol–water partition coefficient (Wildman–Crippen LogP) is 4.03. The first-order valence-electron chi connectivity index (χ1n) is 10.2. The number of hydrogen-bond donors (Lipinski definition) is 1. The van der Waals surface area contributed by atoms with E-state index in [9.17, 15) is 18.8 Å². The molecule has 1 amide bonds. The number of thiophene rings is 1. The molecular weight excluding hydrogens is 421 g/mol. The van der Waals surface area contributed by atoms with Crippen molar-refractivity contribution in [2.24, 2.45) is 0 Å². The number of carbonyl (C=O) groups excluding carboxylic acids is 2. The van der Waals surface area contributed by atoms with Crippen LogP contribution in [-0.2, 0) is 16.1 Å². The molecule has 0 radical (unpaired) electrons. The molecule has 1 saturated carbocycles. The molecule has 31 heavy (non-hydrogen) atoms. The molecule has 0 saturated heterocycles. The van der Waals surface area contributed by atoms with Crippen LogP contribution in [0.1, 0.15) is 47.3 Å². The van der Waals surface area contributed by atoms with Gasteiger partial charge in [-0.1, -0.05) is 6.42 Å². The molecule has 0 unspecified atom stereocenters. The minimum Gasteiger partial charge on any atom is -0.458 e. The van der Waals surface area contributed by atoms with Crippen molar-refractivity contribution in [3.05, 3.63) is 57.2 Å². The van der Waals surface area contributed by atoms with Gasteiger partial charge in [0, 0.05) is 5.69 Å². The number of rotatable bonds is 5. The SMILES string of the molecule is Cc1c(C(=O)OC2CCCCC2)sc2ncn(CC(=O)Nc3ccc(F)cc3)c(=O)c12. The molecule has 2 heterocycles. The molecule has 1 fully saturated rings. The number of halogens is 1. The number of hydrogen-bond acceptors (Lipinski definition) is 6. The Labute approximate surface area is 181 Å². The van der Waals surface area contributed by atoms with Crippen LogP contribution in [0.2, 0.25) is 0 Å². The number of carbonyl (C=O) groups is 2. The van der Waals surface area contributed by atoms with Gasteiger partial charge in [-0.25, -0.2) is 14.2 Å². The van der Waals surface area contributed by atoms with E-state index in [4.69, 9.17) is 4.74 Å². The first kappa shape index (κ1) is 21.2. The number of nitrogens with one attached hydrogen (secondary N) is 1. The molecule has 0 spiro atoms. The van der Waals surface area contributed by atoms with Crippen molar-refractivity contribution in [2.45, 2.75) is 51.7 Å². The molecule has 2 aromatic heterocycles. The van der Waals surface area contributed by atoms with Gasteiger partial charge in [-0.15, -0.1) is 11.3 Å². The van der Waals surface area contributed by atoms with Crippen LogP contribution in [0, 0.1) is 12.7 Å². The zero-order valence-electron chi connectivity index (χ0n) is 17.0. The van der Waals surface area contributed by atoms with Crippen molar-refractivity contribution in [1.82, 2.24) is 9.55 Å². The third kappa shape index (κ3) is 4.66. The topological polar surface area (TPSA) is 90.3 Å².